The molecule has 0 saturated carbocycles. The van der Waals surface area contributed by atoms with Crippen LogP contribution in [0.5, 0.6) is 0 Å². The number of carbonyl (C=O) groups is 3. The van der Waals surface area contributed by atoms with E-state index < -0.39 is 29.5 Å². The van der Waals surface area contributed by atoms with E-state index in [1.54, 1.807) is 9.80 Å². The van der Waals surface area contributed by atoms with E-state index in [4.69, 9.17) is 0 Å². The summed E-state index contributed by atoms with van der Waals surface area (Å²) in [6.07, 6.45) is -3.71. The quantitative estimate of drug-likeness (QED) is 0.753. The monoisotopic (exact) mass is 459 g/mol. The highest BCUT2D eigenvalue weighted by atomic mass is 19.4. The number of benzene rings is 2. The topological polar surface area (TPSA) is 69.7 Å². The molecule has 0 bridgehead atoms. The van der Waals surface area contributed by atoms with Crippen LogP contribution in [0.4, 0.5) is 24.5 Å². The summed E-state index contributed by atoms with van der Waals surface area (Å²) >= 11 is 0. The van der Waals surface area contributed by atoms with Gasteiger partial charge in [-0.05, 0) is 37.1 Å². The number of nitrogens with one attached hydrogen (secondary N) is 1. The summed E-state index contributed by atoms with van der Waals surface area (Å²) in [5.74, 6) is -1.63. The number of hydrogen-bond donors (Lipinski definition) is 1. The van der Waals surface area contributed by atoms with E-state index in [9.17, 15) is 27.6 Å². The zero-order valence-electron chi connectivity index (χ0n) is 17.8. The number of alkyl halides is 3. The van der Waals surface area contributed by atoms with Crippen LogP contribution in [-0.2, 0) is 20.6 Å². The van der Waals surface area contributed by atoms with Gasteiger partial charge in [0, 0.05) is 37.7 Å². The minimum Gasteiger partial charge on any atom is -0.342 e. The van der Waals surface area contributed by atoms with Crippen molar-refractivity contribution >= 4 is 29.1 Å². The summed E-state index contributed by atoms with van der Waals surface area (Å²) in [4.78, 5) is 41.2. The standard InChI is InChI=1S/C24H24F3N3O3/c25-24(26,27)19-8-4-5-9-20(19)28-22(32)16-10-12-29(13-11-16)23(33)17-14-21(31)30(15-17)18-6-2-1-3-7-18/h1-9,16-17H,10-15H2,(H,28,32). The Morgan fingerprint density at radius 3 is 2.21 bits per heavy atom. The third kappa shape index (κ3) is 5.02. The van der Waals surface area contributed by atoms with Gasteiger partial charge in [-0.15, -0.1) is 0 Å². The Bertz CT molecular complexity index is 1030. The van der Waals surface area contributed by atoms with Gasteiger partial charge in [0.1, 0.15) is 0 Å². The number of carbonyl (C=O) groups excluding carboxylic acids is 3. The SMILES string of the molecule is O=C(Nc1ccccc1C(F)(F)F)C1CCN(C(=O)C2CC(=O)N(c3ccccc3)C2)CC1. The molecule has 2 heterocycles. The largest absolute Gasteiger partial charge is 0.418 e. The van der Waals surface area contributed by atoms with E-state index >= 15 is 0 Å². The van der Waals surface area contributed by atoms with Gasteiger partial charge in [0.05, 0.1) is 17.2 Å². The lowest BCUT2D eigenvalue weighted by molar-refractivity contribution is -0.139. The predicted molar refractivity (Wildman–Crippen MR) is 116 cm³/mol. The molecule has 2 saturated heterocycles. The van der Waals surface area contributed by atoms with Gasteiger partial charge in [-0.1, -0.05) is 30.3 Å². The number of halogens is 3. The molecule has 3 amide bonds. The van der Waals surface area contributed by atoms with E-state index in [-0.39, 0.29) is 23.9 Å². The average molecular weight is 459 g/mol. The van der Waals surface area contributed by atoms with Crippen LogP contribution in [0.3, 0.4) is 0 Å². The van der Waals surface area contributed by atoms with Crippen LogP contribution < -0.4 is 10.2 Å². The number of nitrogens with zero attached hydrogens (tertiary/aromatic N) is 2. The fraction of sp³-hybridized carbons (Fsp3) is 0.375. The molecular weight excluding hydrogens is 435 g/mol. The van der Waals surface area contributed by atoms with Crippen LogP contribution in [0.15, 0.2) is 54.6 Å². The molecule has 33 heavy (non-hydrogen) atoms. The number of para-hydroxylation sites is 2. The van der Waals surface area contributed by atoms with E-state index in [0.717, 1.165) is 11.8 Å². The molecule has 2 fully saturated rings. The molecule has 2 aromatic rings. The molecule has 9 heteroatoms. The van der Waals surface area contributed by atoms with Crippen molar-refractivity contribution in [2.24, 2.45) is 11.8 Å². The number of anilines is 2. The maximum Gasteiger partial charge on any atom is 0.418 e. The molecule has 174 valence electrons. The van der Waals surface area contributed by atoms with Crippen LogP contribution in [0.25, 0.3) is 0 Å². The Kier molecular flexibility index (Phi) is 6.40. The zero-order valence-corrected chi connectivity index (χ0v) is 17.8. The first-order valence-corrected chi connectivity index (χ1v) is 10.9. The average Bonchev–Trinajstić information content (AvgIpc) is 3.20. The summed E-state index contributed by atoms with van der Waals surface area (Å²) in [6.45, 7) is 0.970. The van der Waals surface area contributed by atoms with Crippen molar-refractivity contribution in [3.63, 3.8) is 0 Å². The van der Waals surface area contributed by atoms with Gasteiger partial charge in [0.25, 0.3) is 0 Å². The van der Waals surface area contributed by atoms with Gasteiger partial charge < -0.3 is 15.1 Å². The third-order valence-corrected chi connectivity index (χ3v) is 6.21. The Labute approximate surface area is 189 Å². The van der Waals surface area contributed by atoms with E-state index in [0.29, 0.717) is 32.5 Å². The lowest BCUT2D eigenvalue weighted by atomic mass is 9.94. The first kappa shape index (κ1) is 22.8. The highest BCUT2D eigenvalue weighted by Crippen LogP contribution is 2.35. The second kappa shape index (κ2) is 9.25. The summed E-state index contributed by atoms with van der Waals surface area (Å²) in [5.41, 5.74) is -0.397. The second-order valence-electron chi connectivity index (χ2n) is 8.37. The Hall–Kier alpha value is -3.36. The molecule has 2 aliphatic heterocycles. The minimum atomic E-state index is -4.56. The van der Waals surface area contributed by atoms with Crippen molar-refractivity contribution in [3.05, 3.63) is 60.2 Å². The lowest BCUT2D eigenvalue weighted by Gasteiger charge is -2.33. The number of amides is 3. The zero-order chi connectivity index (χ0) is 23.6. The summed E-state index contributed by atoms with van der Waals surface area (Å²) in [6, 6.07) is 14.0. The van der Waals surface area contributed by atoms with Gasteiger partial charge in [-0.3, -0.25) is 14.4 Å². The van der Waals surface area contributed by atoms with Crippen molar-refractivity contribution in [1.82, 2.24) is 4.90 Å². The number of likely N-dealkylation sites (tertiary alicyclic amines) is 1. The molecule has 0 spiro atoms. The van der Waals surface area contributed by atoms with Crippen molar-refractivity contribution in [3.8, 4) is 0 Å². The van der Waals surface area contributed by atoms with Crippen LogP contribution in [0.1, 0.15) is 24.8 Å². The molecule has 2 aliphatic rings. The molecule has 0 aliphatic carbocycles. The van der Waals surface area contributed by atoms with Crippen LogP contribution in [-0.4, -0.2) is 42.3 Å². The molecule has 6 nitrogen and oxygen atoms in total. The molecule has 1 N–H and O–H groups in total. The normalized spacial score (nSPS) is 19.6. The molecule has 0 radical (unpaired) electrons. The van der Waals surface area contributed by atoms with Gasteiger partial charge in [-0.25, -0.2) is 0 Å². The van der Waals surface area contributed by atoms with E-state index in [2.05, 4.69) is 5.32 Å². The molecule has 4 rings (SSSR count). The van der Waals surface area contributed by atoms with Crippen LogP contribution in [0.2, 0.25) is 0 Å². The van der Waals surface area contributed by atoms with Crippen molar-refractivity contribution < 1.29 is 27.6 Å². The fourth-order valence-electron chi connectivity index (χ4n) is 4.42. The number of rotatable bonds is 4. The predicted octanol–water partition coefficient (Wildman–Crippen LogP) is 3.94. The molecule has 1 unspecified atom stereocenters. The first-order chi connectivity index (χ1) is 15.7. The van der Waals surface area contributed by atoms with Crippen molar-refractivity contribution in [2.45, 2.75) is 25.4 Å². The summed E-state index contributed by atoms with van der Waals surface area (Å²) in [7, 11) is 0. The Morgan fingerprint density at radius 1 is 0.909 bits per heavy atom. The fourth-order valence-corrected chi connectivity index (χ4v) is 4.42. The molecule has 0 aromatic heterocycles. The highest BCUT2D eigenvalue weighted by molar-refractivity contribution is 6.00. The van der Waals surface area contributed by atoms with Gasteiger partial charge >= 0.3 is 6.18 Å². The minimum absolute atomic E-state index is 0.0999. The molecular formula is C24H24F3N3O3. The van der Waals surface area contributed by atoms with Crippen LogP contribution >= 0.6 is 0 Å². The van der Waals surface area contributed by atoms with Crippen molar-refractivity contribution in [1.29, 1.82) is 0 Å². The number of piperidine rings is 1. The van der Waals surface area contributed by atoms with Gasteiger partial charge in [0.2, 0.25) is 17.7 Å². The molecule has 2 aromatic carbocycles. The van der Waals surface area contributed by atoms with Gasteiger partial charge in [-0.2, -0.15) is 13.2 Å². The van der Waals surface area contributed by atoms with Crippen LogP contribution in [0, 0.1) is 11.8 Å². The summed E-state index contributed by atoms with van der Waals surface area (Å²) in [5, 5.41) is 2.40. The molecule has 1 atom stereocenters. The summed E-state index contributed by atoms with van der Waals surface area (Å²) < 4.78 is 39.5. The van der Waals surface area contributed by atoms with Gasteiger partial charge in [0.15, 0.2) is 0 Å². The van der Waals surface area contributed by atoms with E-state index in [1.807, 2.05) is 30.3 Å². The van der Waals surface area contributed by atoms with E-state index in [1.165, 1.54) is 18.2 Å². The number of hydrogen-bond acceptors (Lipinski definition) is 3. The Morgan fingerprint density at radius 2 is 1.55 bits per heavy atom. The lowest BCUT2D eigenvalue weighted by Crippen LogP contribution is -2.44. The third-order valence-electron chi connectivity index (χ3n) is 6.21. The van der Waals surface area contributed by atoms with Crippen molar-refractivity contribution in [2.75, 3.05) is 29.9 Å². The maximum atomic E-state index is 13.2. The smallest absolute Gasteiger partial charge is 0.342 e. The highest BCUT2D eigenvalue weighted by Gasteiger charge is 2.39. The Balaban J connectivity index is 1.32. The second-order valence-corrected chi connectivity index (χ2v) is 8.37. The first-order valence-electron chi connectivity index (χ1n) is 10.9. The maximum absolute atomic E-state index is 13.2.